The summed E-state index contributed by atoms with van der Waals surface area (Å²) in [6.45, 7) is 5.27. The van der Waals surface area contributed by atoms with Crippen molar-refractivity contribution in [3.05, 3.63) is 0 Å². The van der Waals surface area contributed by atoms with E-state index in [1.165, 1.54) is 56.3 Å². The van der Waals surface area contributed by atoms with Gasteiger partial charge in [0.05, 0.1) is 0 Å². The van der Waals surface area contributed by atoms with Crippen molar-refractivity contribution in [2.75, 3.05) is 43.4 Å². The molecule has 4 fully saturated rings. The van der Waals surface area contributed by atoms with E-state index in [2.05, 4.69) is 33.7 Å². The molecule has 4 saturated heterocycles. The zero-order chi connectivity index (χ0) is 10.8. The standard InChI is InChI=1S/C12H22N2S2/c1-3-14-4-2-10(1)12(8-14)13-7-11-9-15-5-6-16-11/h10-13H,1-9H2. The molecule has 1 N–H and O–H groups in total. The summed E-state index contributed by atoms with van der Waals surface area (Å²) >= 11 is 4.31. The van der Waals surface area contributed by atoms with E-state index in [9.17, 15) is 0 Å². The first kappa shape index (κ1) is 11.7. The van der Waals surface area contributed by atoms with Crippen LogP contribution < -0.4 is 5.32 Å². The molecular formula is C12H22N2S2. The fraction of sp³-hybridized carbons (Fsp3) is 1.00. The number of hydrogen-bond acceptors (Lipinski definition) is 4. The Morgan fingerprint density at radius 1 is 1.19 bits per heavy atom. The molecule has 4 heterocycles. The van der Waals surface area contributed by atoms with Gasteiger partial charge in [-0.05, 0) is 31.8 Å². The summed E-state index contributed by atoms with van der Waals surface area (Å²) in [6.07, 6.45) is 2.87. The minimum absolute atomic E-state index is 0.801. The number of rotatable bonds is 3. The monoisotopic (exact) mass is 258 g/mol. The predicted octanol–water partition coefficient (Wildman–Crippen LogP) is 1.52. The highest BCUT2D eigenvalue weighted by molar-refractivity contribution is 8.06. The molecule has 0 aromatic heterocycles. The Labute approximate surface area is 107 Å². The van der Waals surface area contributed by atoms with Crippen LogP contribution in [-0.2, 0) is 0 Å². The van der Waals surface area contributed by atoms with Crippen molar-refractivity contribution < 1.29 is 0 Å². The van der Waals surface area contributed by atoms with Crippen LogP contribution in [0.25, 0.3) is 0 Å². The molecule has 4 heteroatoms. The van der Waals surface area contributed by atoms with Crippen LogP contribution in [0.1, 0.15) is 12.8 Å². The Kier molecular flexibility index (Phi) is 4.03. The van der Waals surface area contributed by atoms with Crippen molar-refractivity contribution in [3.8, 4) is 0 Å². The van der Waals surface area contributed by atoms with Gasteiger partial charge in [0.1, 0.15) is 0 Å². The van der Waals surface area contributed by atoms with Gasteiger partial charge in [-0.2, -0.15) is 23.5 Å². The van der Waals surface area contributed by atoms with Gasteiger partial charge >= 0.3 is 0 Å². The van der Waals surface area contributed by atoms with Gasteiger partial charge < -0.3 is 10.2 Å². The van der Waals surface area contributed by atoms with Crippen molar-refractivity contribution in [3.63, 3.8) is 0 Å². The van der Waals surface area contributed by atoms with Crippen molar-refractivity contribution in [1.29, 1.82) is 0 Å². The lowest BCUT2D eigenvalue weighted by molar-refractivity contribution is 0.0732. The van der Waals surface area contributed by atoms with Crippen molar-refractivity contribution in [2.45, 2.75) is 24.1 Å². The van der Waals surface area contributed by atoms with Gasteiger partial charge in [0.2, 0.25) is 0 Å². The number of nitrogens with zero attached hydrogens (tertiary/aromatic N) is 1. The lowest BCUT2D eigenvalue weighted by Gasteiger charge is -2.45. The highest BCUT2D eigenvalue weighted by Crippen LogP contribution is 2.28. The normalized spacial score (nSPS) is 43.5. The Morgan fingerprint density at radius 3 is 2.69 bits per heavy atom. The third-order valence-corrected chi connectivity index (χ3v) is 6.99. The van der Waals surface area contributed by atoms with Crippen molar-refractivity contribution in [2.24, 2.45) is 5.92 Å². The molecule has 2 atom stereocenters. The van der Waals surface area contributed by atoms with Crippen LogP contribution in [0.15, 0.2) is 0 Å². The van der Waals surface area contributed by atoms with E-state index in [-0.39, 0.29) is 0 Å². The zero-order valence-corrected chi connectivity index (χ0v) is 11.5. The lowest BCUT2D eigenvalue weighted by Crippen LogP contribution is -2.57. The number of fused-ring (bicyclic) bond motifs is 3. The molecule has 0 amide bonds. The van der Waals surface area contributed by atoms with Crippen LogP contribution in [0.4, 0.5) is 0 Å². The quantitative estimate of drug-likeness (QED) is 0.825. The summed E-state index contributed by atoms with van der Waals surface area (Å²) in [4.78, 5) is 2.64. The van der Waals surface area contributed by atoms with Gasteiger partial charge in [-0.15, -0.1) is 0 Å². The summed E-state index contributed by atoms with van der Waals surface area (Å²) in [7, 11) is 0. The molecule has 2 nitrogen and oxygen atoms in total. The second kappa shape index (κ2) is 5.51. The molecule has 0 aromatic carbocycles. The molecule has 4 aliphatic rings. The maximum atomic E-state index is 3.85. The maximum Gasteiger partial charge on any atom is 0.0263 e. The second-order valence-electron chi connectivity index (χ2n) is 5.22. The number of nitrogens with one attached hydrogen (secondary N) is 1. The average Bonchev–Trinajstić information content (AvgIpc) is 2.39. The van der Waals surface area contributed by atoms with E-state index in [1.54, 1.807) is 0 Å². The van der Waals surface area contributed by atoms with Crippen LogP contribution >= 0.6 is 23.5 Å². The van der Waals surface area contributed by atoms with E-state index >= 15 is 0 Å². The van der Waals surface area contributed by atoms with E-state index in [4.69, 9.17) is 0 Å². The molecule has 2 bridgehead atoms. The summed E-state index contributed by atoms with van der Waals surface area (Å²) in [5, 5.41) is 4.72. The van der Waals surface area contributed by atoms with Gasteiger partial charge in [0.15, 0.2) is 0 Å². The summed E-state index contributed by atoms with van der Waals surface area (Å²) in [5.74, 6) is 5.06. The van der Waals surface area contributed by atoms with Gasteiger partial charge in [0.25, 0.3) is 0 Å². The SMILES string of the molecule is C1CSC(CNC2CN3CCC2CC3)CS1. The van der Waals surface area contributed by atoms with E-state index < -0.39 is 0 Å². The Balaban J connectivity index is 1.44. The van der Waals surface area contributed by atoms with Crippen molar-refractivity contribution in [1.82, 2.24) is 10.2 Å². The lowest BCUT2D eigenvalue weighted by atomic mass is 9.84. The molecule has 0 aromatic rings. The van der Waals surface area contributed by atoms with Crippen molar-refractivity contribution >= 4 is 23.5 Å². The first-order valence-corrected chi connectivity index (χ1v) is 8.77. The molecule has 0 spiro atoms. The molecule has 0 radical (unpaired) electrons. The van der Waals surface area contributed by atoms with Crippen LogP contribution in [0, 0.1) is 5.92 Å². The molecule has 2 unspecified atom stereocenters. The van der Waals surface area contributed by atoms with Crippen LogP contribution in [0.5, 0.6) is 0 Å². The fourth-order valence-corrected chi connectivity index (χ4v) is 5.76. The van der Waals surface area contributed by atoms with E-state index in [0.29, 0.717) is 0 Å². The first-order valence-electron chi connectivity index (χ1n) is 6.57. The fourth-order valence-electron chi connectivity index (χ4n) is 3.13. The Morgan fingerprint density at radius 2 is 2.06 bits per heavy atom. The second-order valence-corrected chi connectivity index (χ2v) is 7.78. The highest BCUT2D eigenvalue weighted by Gasteiger charge is 2.33. The minimum Gasteiger partial charge on any atom is -0.311 e. The summed E-state index contributed by atoms with van der Waals surface area (Å²) in [5.41, 5.74) is 0. The third-order valence-electron chi connectivity index (χ3n) is 4.15. The molecule has 16 heavy (non-hydrogen) atoms. The minimum atomic E-state index is 0.801. The Bertz CT molecular complexity index is 223. The summed E-state index contributed by atoms with van der Waals surface area (Å²) in [6, 6.07) is 0.801. The van der Waals surface area contributed by atoms with Crippen LogP contribution in [-0.4, -0.2) is 59.6 Å². The topological polar surface area (TPSA) is 15.3 Å². The molecule has 0 saturated carbocycles. The zero-order valence-electron chi connectivity index (χ0n) is 9.86. The molecule has 4 rings (SSSR count). The summed E-state index contributed by atoms with van der Waals surface area (Å²) < 4.78 is 0. The Hall–Kier alpha value is 0.620. The number of thioether (sulfide) groups is 2. The number of hydrogen-bond donors (Lipinski definition) is 1. The van der Waals surface area contributed by atoms with Crippen LogP contribution in [0.2, 0.25) is 0 Å². The van der Waals surface area contributed by atoms with E-state index in [0.717, 1.165) is 17.2 Å². The van der Waals surface area contributed by atoms with Gasteiger partial charge in [-0.1, -0.05) is 0 Å². The largest absolute Gasteiger partial charge is 0.311 e. The molecule has 92 valence electrons. The molecule has 4 aliphatic heterocycles. The maximum absolute atomic E-state index is 3.85. The third kappa shape index (κ3) is 2.71. The molecular weight excluding hydrogens is 236 g/mol. The van der Waals surface area contributed by atoms with Gasteiger partial charge in [0, 0.05) is 41.6 Å². The van der Waals surface area contributed by atoms with E-state index in [1.807, 2.05) is 0 Å². The molecule has 0 aliphatic carbocycles. The highest BCUT2D eigenvalue weighted by atomic mass is 32.2. The van der Waals surface area contributed by atoms with Gasteiger partial charge in [-0.3, -0.25) is 0 Å². The first-order chi connectivity index (χ1) is 7.92. The average molecular weight is 258 g/mol. The van der Waals surface area contributed by atoms with Crippen LogP contribution in [0.3, 0.4) is 0 Å². The number of piperidine rings is 3. The smallest absolute Gasteiger partial charge is 0.0263 e. The van der Waals surface area contributed by atoms with Gasteiger partial charge in [-0.25, -0.2) is 0 Å². The predicted molar refractivity (Wildman–Crippen MR) is 74.5 cm³/mol.